The van der Waals surface area contributed by atoms with E-state index in [0.29, 0.717) is 35.2 Å². The van der Waals surface area contributed by atoms with Crippen LogP contribution in [-0.4, -0.2) is 68.1 Å². The number of β-lactam (4-membered cyclic amide) rings is 1. The number of carbonyl (C=O) groups is 4. The van der Waals surface area contributed by atoms with E-state index in [4.69, 9.17) is 10.6 Å². The molecule has 2 atom stereocenters. The van der Waals surface area contributed by atoms with E-state index >= 15 is 0 Å². The highest BCUT2D eigenvalue weighted by Crippen LogP contribution is 2.44. The topological polar surface area (TPSA) is 176 Å². The largest absolute Gasteiger partial charge is 0.477 e. The number of benzene rings is 4. The molecule has 0 unspecified atom stereocenters. The Hall–Kier alpha value is -6.58. The number of carboxylic acid groups (broad SMARTS) is 1. The predicted octanol–water partition coefficient (Wildman–Crippen LogP) is 5.38. The van der Waals surface area contributed by atoms with Crippen molar-refractivity contribution in [2.24, 2.45) is 5.16 Å². The fraction of sp³-hybridized carbons (Fsp3) is 0.163. The number of thioether (sulfide) groups is 1. The van der Waals surface area contributed by atoms with E-state index in [0.717, 1.165) is 32.9 Å². The van der Waals surface area contributed by atoms with Gasteiger partial charge in [0.25, 0.3) is 11.8 Å². The molecule has 0 radical (unpaired) electrons. The first-order chi connectivity index (χ1) is 28.2. The van der Waals surface area contributed by atoms with Gasteiger partial charge in [-0.2, -0.15) is 0 Å². The second kappa shape index (κ2) is 16.1. The Labute approximate surface area is 340 Å². The second-order valence-electron chi connectivity index (χ2n) is 13.6. The maximum atomic E-state index is 14.3. The number of hydrogen-bond acceptors (Lipinski definition) is 10. The molecule has 0 spiro atoms. The normalized spacial score (nSPS) is 18.9. The number of allylic oxidation sites excluding steroid dienone is 1. The van der Waals surface area contributed by atoms with E-state index in [1.165, 1.54) is 23.9 Å². The van der Waals surface area contributed by atoms with Crippen molar-refractivity contribution in [3.05, 3.63) is 177 Å². The zero-order valence-electron chi connectivity index (χ0n) is 30.6. The molecule has 2 fully saturated rings. The molecule has 3 aliphatic rings. The number of nitrogens with zero attached hydrogens (tertiary/aromatic N) is 3. The second-order valence-corrected chi connectivity index (χ2v) is 15.6. The fourth-order valence-electron chi connectivity index (χ4n) is 7.46. The van der Waals surface area contributed by atoms with Crippen molar-refractivity contribution in [3.8, 4) is 0 Å². The first-order valence-corrected chi connectivity index (χ1v) is 20.2. The van der Waals surface area contributed by atoms with Crippen LogP contribution in [0.2, 0.25) is 0 Å². The van der Waals surface area contributed by atoms with Gasteiger partial charge in [0.15, 0.2) is 10.8 Å². The van der Waals surface area contributed by atoms with Crippen molar-refractivity contribution < 1.29 is 33.5 Å². The molecule has 5 aromatic rings. The van der Waals surface area contributed by atoms with Gasteiger partial charge < -0.3 is 26.3 Å². The Morgan fingerprint density at radius 2 is 1.55 bits per heavy atom. The van der Waals surface area contributed by atoms with Gasteiger partial charge in [0.1, 0.15) is 28.6 Å². The van der Waals surface area contributed by atoms with Crippen LogP contribution in [0.1, 0.15) is 34.4 Å². The zero-order valence-corrected chi connectivity index (χ0v) is 32.3. The molecule has 4 aromatic carbocycles. The number of aliphatic carboxylic acids is 1. The number of nitrogens with one attached hydrogen (secondary N) is 2. The minimum atomic E-state index is -1.36. The highest BCUT2D eigenvalue weighted by atomic mass is 32.2. The van der Waals surface area contributed by atoms with Gasteiger partial charge in [0, 0.05) is 39.9 Å². The molecule has 5 N–H and O–H groups in total. The molecule has 292 valence electrons. The summed E-state index contributed by atoms with van der Waals surface area (Å²) in [6.45, 7) is 0.380. The van der Waals surface area contributed by atoms with Crippen molar-refractivity contribution in [2.45, 2.75) is 29.9 Å². The lowest BCUT2D eigenvalue weighted by Gasteiger charge is -2.49. The first kappa shape index (κ1) is 38.3. The number of oxime groups is 1. The number of anilines is 1. The number of fused-ring (bicyclic) bond motifs is 1. The Balaban J connectivity index is 1.14. The van der Waals surface area contributed by atoms with Gasteiger partial charge in [0.05, 0.1) is 0 Å². The number of nitrogen functional groups attached to an aromatic ring is 1. The van der Waals surface area contributed by atoms with Crippen molar-refractivity contribution in [3.63, 3.8) is 0 Å². The minimum Gasteiger partial charge on any atom is -0.477 e. The van der Waals surface area contributed by atoms with Crippen LogP contribution in [0.15, 0.2) is 148 Å². The highest BCUT2D eigenvalue weighted by Gasteiger charge is 2.55. The third kappa shape index (κ3) is 7.14. The smallest absolute Gasteiger partial charge is 0.352 e. The minimum absolute atomic E-state index is 0.114. The highest BCUT2D eigenvalue weighted by molar-refractivity contribution is 8.00. The molecule has 15 heteroatoms. The number of halogens is 1. The molecule has 2 saturated heterocycles. The summed E-state index contributed by atoms with van der Waals surface area (Å²) in [5.41, 5.74) is 8.32. The van der Waals surface area contributed by atoms with Gasteiger partial charge in [-0.1, -0.05) is 108 Å². The van der Waals surface area contributed by atoms with E-state index in [1.807, 2.05) is 91.0 Å². The third-order valence-corrected chi connectivity index (χ3v) is 12.2. The van der Waals surface area contributed by atoms with Gasteiger partial charge in [-0.3, -0.25) is 19.3 Å². The fourth-order valence-corrected chi connectivity index (χ4v) is 9.39. The number of carboxylic acids is 1. The number of carbonyl (C=O) groups excluding carboxylic acids is 3. The summed E-state index contributed by atoms with van der Waals surface area (Å²) in [4.78, 5) is 66.3. The summed E-state index contributed by atoms with van der Waals surface area (Å²) >= 11 is 2.35. The maximum Gasteiger partial charge on any atom is 0.352 e. The molecule has 58 heavy (non-hydrogen) atoms. The summed E-state index contributed by atoms with van der Waals surface area (Å²) < 4.78 is 13.8. The number of amides is 3. The van der Waals surface area contributed by atoms with Crippen LogP contribution in [0.3, 0.4) is 0 Å². The van der Waals surface area contributed by atoms with Crippen LogP contribution in [-0.2, 0) is 36.0 Å². The Morgan fingerprint density at radius 1 is 0.948 bits per heavy atom. The molecule has 0 aliphatic carbocycles. The van der Waals surface area contributed by atoms with E-state index in [2.05, 4.69) is 20.8 Å². The zero-order chi connectivity index (χ0) is 40.4. The molecule has 3 amide bonds. The average molecular weight is 815 g/mol. The molecule has 3 aliphatic heterocycles. The lowest BCUT2D eigenvalue weighted by atomic mass is 9.80. The monoisotopic (exact) mass is 814 g/mol. The third-order valence-electron chi connectivity index (χ3n) is 10.2. The molecule has 0 bridgehead atoms. The standard InChI is InChI=1S/C43H35FN6O6S2/c44-29-18-16-25(17-19-29)22-31(30-20-21-46-37(30)51)32-23-57-40-35(39(53)50(40)36(32)41(54)55)48-38(52)34(33-24-58-42(45)47-33)49-56-43(26-10-4-1-5-11-26,27-12-6-2-7-13-27)28-14-8-3-9-15-28/h1-19,24,35,40H,20-23H2,(H2,45,47)(H,46,51)(H,48,52)(H,54,55)/t35-,40-/m1/s1. The van der Waals surface area contributed by atoms with E-state index < -0.39 is 40.6 Å². The lowest BCUT2D eigenvalue weighted by molar-refractivity contribution is -0.150. The number of thiazole rings is 1. The van der Waals surface area contributed by atoms with Crippen molar-refractivity contribution in [2.75, 3.05) is 18.0 Å². The lowest BCUT2D eigenvalue weighted by Crippen LogP contribution is -2.71. The van der Waals surface area contributed by atoms with Gasteiger partial charge in [0.2, 0.25) is 11.5 Å². The van der Waals surface area contributed by atoms with Crippen LogP contribution in [0.4, 0.5) is 9.52 Å². The Morgan fingerprint density at radius 3 is 2.07 bits per heavy atom. The molecule has 1 aromatic heterocycles. The first-order valence-electron chi connectivity index (χ1n) is 18.3. The Bertz CT molecular complexity index is 2400. The van der Waals surface area contributed by atoms with Crippen LogP contribution in [0, 0.1) is 5.82 Å². The summed E-state index contributed by atoms with van der Waals surface area (Å²) in [6, 6.07) is 32.9. The van der Waals surface area contributed by atoms with Gasteiger partial charge in [-0.25, -0.2) is 14.2 Å². The van der Waals surface area contributed by atoms with Crippen LogP contribution >= 0.6 is 23.1 Å². The van der Waals surface area contributed by atoms with Gasteiger partial charge in [-0.05, 0) is 41.7 Å². The van der Waals surface area contributed by atoms with Crippen molar-refractivity contribution in [1.29, 1.82) is 0 Å². The SMILES string of the molecule is Nc1nc(C(=NOC(c2ccccc2)(c2ccccc2)c2ccccc2)C(=O)N[C@@H]2C(=O)N3C(C(=O)O)=C(C(Cc4ccc(F)cc4)=C4CCNC4=O)CS[C@H]23)cs1. The number of rotatable bonds is 12. The van der Waals surface area contributed by atoms with Crippen LogP contribution in [0.25, 0.3) is 0 Å². The van der Waals surface area contributed by atoms with Gasteiger partial charge >= 0.3 is 5.97 Å². The summed E-state index contributed by atoms with van der Waals surface area (Å²) in [5, 5.41) is 21.6. The number of hydrogen-bond donors (Lipinski definition) is 4. The summed E-state index contributed by atoms with van der Waals surface area (Å²) in [7, 11) is 0. The molecular weight excluding hydrogens is 780 g/mol. The van der Waals surface area contributed by atoms with Crippen molar-refractivity contribution >= 4 is 57.6 Å². The van der Waals surface area contributed by atoms with E-state index in [-0.39, 0.29) is 40.3 Å². The van der Waals surface area contributed by atoms with Crippen LogP contribution < -0.4 is 16.4 Å². The van der Waals surface area contributed by atoms with Crippen LogP contribution in [0.5, 0.6) is 0 Å². The molecule has 8 rings (SSSR count). The summed E-state index contributed by atoms with van der Waals surface area (Å²) in [6.07, 6.45) is 0.507. The van der Waals surface area contributed by atoms with Crippen molar-refractivity contribution in [1.82, 2.24) is 20.5 Å². The molecule has 12 nitrogen and oxygen atoms in total. The number of nitrogens with two attached hydrogens (primary N) is 1. The van der Waals surface area contributed by atoms with Gasteiger partial charge in [-0.15, -0.1) is 23.1 Å². The maximum absolute atomic E-state index is 14.3. The molecular formula is C43H35FN6O6S2. The predicted molar refractivity (Wildman–Crippen MR) is 218 cm³/mol. The Kier molecular flexibility index (Phi) is 10.6. The molecule has 4 heterocycles. The quantitative estimate of drug-likeness (QED) is 0.0424. The van der Waals surface area contributed by atoms with E-state index in [1.54, 1.807) is 17.5 Å². The summed E-state index contributed by atoms with van der Waals surface area (Å²) in [5.74, 6) is -3.45. The molecule has 0 saturated carbocycles. The van der Waals surface area contributed by atoms with E-state index in [9.17, 15) is 28.7 Å². The average Bonchev–Trinajstić information content (AvgIpc) is 3.88. The number of aromatic nitrogens is 1.